The number of fused-ring (bicyclic) bond motifs is 1. The van der Waals surface area contributed by atoms with Gasteiger partial charge in [0.05, 0.1) is 23.5 Å². The fourth-order valence-corrected chi connectivity index (χ4v) is 5.12. The summed E-state index contributed by atoms with van der Waals surface area (Å²) in [5.74, 6) is 1.28. The van der Waals surface area contributed by atoms with E-state index in [9.17, 15) is 9.90 Å². The normalized spacial score (nSPS) is 29.5. The summed E-state index contributed by atoms with van der Waals surface area (Å²) in [7, 11) is 1.73. The predicted molar refractivity (Wildman–Crippen MR) is 97.3 cm³/mol. The molecule has 6 heteroatoms. The summed E-state index contributed by atoms with van der Waals surface area (Å²) in [5, 5.41) is 10.8. The van der Waals surface area contributed by atoms with Gasteiger partial charge in [0.1, 0.15) is 0 Å². The van der Waals surface area contributed by atoms with Crippen LogP contribution in [0.25, 0.3) is 0 Å². The highest BCUT2D eigenvalue weighted by molar-refractivity contribution is 7.99. The number of hydrogen-bond donors (Lipinski definition) is 1. The molecule has 3 atom stereocenters. The first-order valence-electron chi connectivity index (χ1n) is 8.39. The number of likely N-dealkylation sites (tertiary alicyclic amines) is 1. The van der Waals surface area contributed by atoms with Gasteiger partial charge in [0, 0.05) is 24.4 Å². The second-order valence-electron chi connectivity index (χ2n) is 6.63. The van der Waals surface area contributed by atoms with Crippen LogP contribution < -0.4 is 0 Å². The maximum Gasteiger partial charge on any atom is 0.232 e. The molecule has 2 aliphatic rings. The van der Waals surface area contributed by atoms with Gasteiger partial charge in [0.2, 0.25) is 5.91 Å². The van der Waals surface area contributed by atoms with Crippen molar-refractivity contribution in [2.45, 2.75) is 49.2 Å². The Kier molecular flexibility index (Phi) is 5.75. The molecule has 1 amide bonds. The number of methoxy groups -OCH3 is 1. The van der Waals surface area contributed by atoms with E-state index in [0.29, 0.717) is 12.2 Å². The molecule has 0 unspecified atom stereocenters. The van der Waals surface area contributed by atoms with Gasteiger partial charge in [0.15, 0.2) is 0 Å². The molecule has 132 valence electrons. The topological polar surface area (TPSA) is 49.8 Å². The predicted octanol–water partition coefficient (Wildman–Crippen LogP) is 3.10. The number of carbonyl (C=O) groups is 1. The van der Waals surface area contributed by atoms with Gasteiger partial charge in [-0.15, -0.1) is 11.8 Å². The molecule has 4 nitrogen and oxygen atoms in total. The van der Waals surface area contributed by atoms with E-state index >= 15 is 0 Å². The number of nitrogens with zero attached hydrogens (tertiary/aromatic N) is 1. The minimum Gasteiger partial charge on any atom is -0.393 e. The number of ether oxygens (including phenoxy) is 1. The maximum absolute atomic E-state index is 12.7. The van der Waals surface area contributed by atoms with Crippen LogP contribution >= 0.6 is 23.4 Å². The van der Waals surface area contributed by atoms with E-state index in [1.54, 1.807) is 18.9 Å². The van der Waals surface area contributed by atoms with Gasteiger partial charge in [-0.25, -0.2) is 0 Å². The van der Waals surface area contributed by atoms with E-state index in [0.717, 1.165) is 42.1 Å². The van der Waals surface area contributed by atoms with Crippen LogP contribution in [0.4, 0.5) is 0 Å². The van der Waals surface area contributed by atoms with E-state index < -0.39 is 0 Å². The summed E-state index contributed by atoms with van der Waals surface area (Å²) in [4.78, 5) is 14.6. The van der Waals surface area contributed by atoms with Gasteiger partial charge in [-0.3, -0.25) is 4.79 Å². The van der Waals surface area contributed by atoms with Crippen molar-refractivity contribution < 1.29 is 14.6 Å². The molecule has 1 heterocycles. The number of thioether (sulfide) groups is 1. The Labute approximate surface area is 152 Å². The molecule has 0 spiro atoms. The van der Waals surface area contributed by atoms with Crippen LogP contribution in [0, 0.1) is 0 Å². The first-order valence-corrected chi connectivity index (χ1v) is 9.93. The van der Waals surface area contributed by atoms with Crippen molar-refractivity contribution in [2.24, 2.45) is 0 Å². The molecule has 1 aliphatic carbocycles. The first kappa shape index (κ1) is 18.1. The summed E-state index contributed by atoms with van der Waals surface area (Å²) < 4.78 is 5.79. The lowest BCUT2D eigenvalue weighted by molar-refractivity contribution is -0.137. The van der Waals surface area contributed by atoms with Crippen molar-refractivity contribution in [3.8, 4) is 0 Å². The Morgan fingerprint density at radius 1 is 1.46 bits per heavy atom. The molecule has 2 fully saturated rings. The van der Waals surface area contributed by atoms with Crippen molar-refractivity contribution in [3.05, 3.63) is 34.9 Å². The number of hydrogen-bond acceptors (Lipinski definition) is 4. The zero-order valence-corrected chi connectivity index (χ0v) is 15.5. The van der Waals surface area contributed by atoms with Crippen molar-refractivity contribution in [1.29, 1.82) is 0 Å². The second-order valence-corrected chi connectivity index (χ2v) is 8.03. The van der Waals surface area contributed by atoms with E-state index in [1.807, 2.05) is 29.2 Å². The molecule has 1 aromatic carbocycles. The average molecular weight is 370 g/mol. The van der Waals surface area contributed by atoms with Crippen LogP contribution in [0.3, 0.4) is 0 Å². The molecule has 1 saturated heterocycles. The monoisotopic (exact) mass is 369 g/mol. The van der Waals surface area contributed by atoms with Crippen molar-refractivity contribution in [1.82, 2.24) is 4.90 Å². The van der Waals surface area contributed by atoms with Crippen LogP contribution in [0.5, 0.6) is 0 Å². The molecule has 0 bridgehead atoms. The summed E-state index contributed by atoms with van der Waals surface area (Å²) >= 11 is 7.74. The molecule has 1 aromatic rings. The SMILES string of the molecule is CO[C@@]12CC[C@@H](O)C[C@@H]1N(C(=O)CSCc1ccccc1Cl)CC2. The third-order valence-electron chi connectivity index (χ3n) is 5.32. The number of carbonyl (C=O) groups excluding carboxylic acids is 1. The number of aliphatic hydroxyl groups is 1. The lowest BCUT2D eigenvalue weighted by Gasteiger charge is -2.42. The number of amides is 1. The Bertz CT molecular complexity index is 599. The zero-order chi connectivity index (χ0) is 17.2. The number of halogens is 1. The Balaban J connectivity index is 1.58. The van der Waals surface area contributed by atoms with Gasteiger partial charge in [-0.1, -0.05) is 29.8 Å². The number of benzene rings is 1. The number of aliphatic hydroxyl groups excluding tert-OH is 1. The lowest BCUT2D eigenvalue weighted by Crippen LogP contribution is -2.53. The summed E-state index contributed by atoms with van der Waals surface area (Å²) in [5.41, 5.74) is 0.792. The van der Waals surface area contributed by atoms with E-state index in [1.165, 1.54) is 0 Å². The van der Waals surface area contributed by atoms with Gasteiger partial charge < -0.3 is 14.7 Å². The largest absolute Gasteiger partial charge is 0.393 e. The Morgan fingerprint density at radius 3 is 3.00 bits per heavy atom. The van der Waals surface area contributed by atoms with Gasteiger partial charge in [-0.2, -0.15) is 0 Å². The molecular weight excluding hydrogens is 346 g/mol. The highest BCUT2D eigenvalue weighted by atomic mass is 35.5. The molecule has 3 rings (SSSR count). The quantitative estimate of drug-likeness (QED) is 0.866. The van der Waals surface area contributed by atoms with Crippen molar-refractivity contribution in [2.75, 3.05) is 19.4 Å². The molecular formula is C18H24ClNO3S. The molecule has 0 radical (unpaired) electrons. The Morgan fingerprint density at radius 2 is 2.25 bits per heavy atom. The standard InChI is InChI=1S/C18H24ClNO3S/c1-23-18-7-6-14(21)10-16(18)20(9-8-18)17(22)12-24-11-13-4-2-3-5-15(13)19/h2-5,14,16,21H,6-12H2,1H3/t14-,16+,18-/m1/s1. The van der Waals surface area contributed by atoms with Gasteiger partial charge in [0.25, 0.3) is 0 Å². The second kappa shape index (κ2) is 7.65. The molecule has 1 saturated carbocycles. The first-order chi connectivity index (χ1) is 11.6. The summed E-state index contributed by atoms with van der Waals surface area (Å²) in [6.07, 6.45) is 2.73. The van der Waals surface area contributed by atoms with Gasteiger partial charge >= 0.3 is 0 Å². The lowest BCUT2D eigenvalue weighted by atomic mass is 9.79. The minimum atomic E-state index is -0.331. The third kappa shape index (κ3) is 3.59. The zero-order valence-electron chi connectivity index (χ0n) is 13.9. The highest BCUT2D eigenvalue weighted by Gasteiger charge is 2.52. The van der Waals surface area contributed by atoms with Gasteiger partial charge in [-0.05, 0) is 37.3 Å². The summed E-state index contributed by atoms with van der Waals surface area (Å²) in [6.45, 7) is 0.719. The van der Waals surface area contributed by atoms with Crippen LogP contribution in [-0.2, 0) is 15.3 Å². The van der Waals surface area contributed by atoms with Crippen molar-refractivity contribution in [3.63, 3.8) is 0 Å². The van der Waals surface area contributed by atoms with Crippen LogP contribution in [0.1, 0.15) is 31.2 Å². The van der Waals surface area contributed by atoms with Crippen molar-refractivity contribution >= 4 is 29.3 Å². The fourth-order valence-electron chi connectivity index (χ4n) is 3.92. The smallest absolute Gasteiger partial charge is 0.232 e. The van der Waals surface area contributed by atoms with Crippen LogP contribution in [0.2, 0.25) is 5.02 Å². The molecule has 24 heavy (non-hydrogen) atoms. The highest BCUT2D eigenvalue weighted by Crippen LogP contribution is 2.42. The van der Waals surface area contributed by atoms with E-state index in [2.05, 4.69) is 0 Å². The average Bonchev–Trinajstić information content (AvgIpc) is 2.96. The van der Waals surface area contributed by atoms with Crippen LogP contribution in [-0.4, -0.2) is 53.1 Å². The van der Waals surface area contributed by atoms with Crippen LogP contribution in [0.15, 0.2) is 24.3 Å². The maximum atomic E-state index is 12.7. The third-order valence-corrected chi connectivity index (χ3v) is 6.66. The van der Waals surface area contributed by atoms with E-state index in [-0.39, 0.29) is 23.7 Å². The Hall–Kier alpha value is -0.750. The molecule has 1 N–H and O–H groups in total. The summed E-state index contributed by atoms with van der Waals surface area (Å²) in [6, 6.07) is 7.73. The fraction of sp³-hybridized carbons (Fsp3) is 0.611. The molecule has 0 aromatic heterocycles. The van der Waals surface area contributed by atoms with E-state index in [4.69, 9.17) is 16.3 Å². The minimum absolute atomic E-state index is 0.000312. The molecule has 1 aliphatic heterocycles. The number of rotatable bonds is 5.